The zero-order valence-electron chi connectivity index (χ0n) is 9.02. The Bertz CT molecular complexity index is 486. The van der Waals surface area contributed by atoms with Crippen LogP contribution in [0.4, 0.5) is 5.69 Å². The highest BCUT2D eigenvalue weighted by atomic mass is 35.5. The molecule has 1 saturated carbocycles. The third-order valence-electron chi connectivity index (χ3n) is 2.97. The third-order valence-corrected chi connectivity index (χ3v) is 4.48. The zero-order valence-corrected chi connectivity index (χ0v) is 10.6. The number of benzene rings is 1. The molecule has 0 amide bonds. The number of ketones is 1. The number of anilines is 1. The van der Waals surface area contributed by atoms with E-state index in [0.717, 1.165) is 17.3 Å². The van der Waals surface area contributed by atoms with E-state index in [2.05, 4.69) is 10.3 Å². The normalized spacial score (nSPS) is 26.9. The Morgan fingerprint density at radius 1 is 1.35 bits per heavy atom. The number of hydrogen-bond donors (Lipinski definition) is 1. The Morgan fingerprint density at radius 2 is 2.12 bits per heavy atom. The number of aliphatic imine (C=N–C) groups is 1. The van der Waals surface area contributed by atoms with Gasteiger partial charge in [-0.2, -0.15) is 0 Å². The van der Waals surface area contributed by atoms with Crippen LogP contribution in [0.2, 0.25) is 5.02 Å². The van der Waals surface area contributed by atoms with Crippen LogP contribution in [0.25, 0.3) is 0 Å². The maximum atomic E-state index is 11.6. The lowest BCUT2D eigenvalue weighted by atomic mass is 10.3. The van der Waals surface area contributed by atoms with Crippen molar-refractivity contribution in [3.63, 3.8) is 0 Å². The van der Waals surface area contributed by atoms with E-state index in [1.807, 2.05) is 24.3 Å². The summed E-state index contributed by atoms with van der Waals surface area (Å²) < 4.78 is 0. The van der Waals surface area contributed by atoms with Gasteiger partial charge in [0.05, 0.1) is 11.3 Å². The fourth-order valence-electron chi connectivity index (χ4n) is 2.09. The fourth-order valence-corrected chi connectivity index (χ4v) is 3.44. The van der Waals surface area contributed by atoms with Gasteiger partial charge in [0.15, 0.2) is 5.17 Å². The van der Waals surface area contributed by atoms with Crippen LogP contribution in [0.5, 0.6) is 0 Å². The van der Waals surface area contributed by atoms with Crippen LogP contribution in [0.15, 0.2) is 29.3 Å². The molecule has 1 N–H and O–H groups in total. The molecule has 1 aromatic rings. The molecule has 3 rings (SSSR count). The van der Waals surface area contributed by atoms with Crippen molar-refractivity contribution in [2.45, 2.75) is 24.1 Å². The highest BCUT2D eigenvalue weighted by Gasteiger charge is 2.40. The number of nitrogens with zero attached hydrogens (tertiary/aromatic N) is 1. The second kappa shape index (κ2) is 4.35. The Labute approximate surface area is 109 Å². The van der Waals surface area contributed by atoms with Crippen molar-refractivity contribution in [2.24, 2.45) is 4.99 Å². The number of nitrogens with one attached hydrogen (secondary N) is 1. The average molecular weight is 267 g/mol. The lowest BCUT2D eigenvalue weighted by molar-refractivity contribution is -0.116. The number of thioether (sulfide) groups is 1. The predicted molar refractivity (Wildman–Crippen MR) is 71.9 cm³/mol. The molecule has 2 atom stereocenters. The second-order valence-electron chi connectivity index (χ2n) is 4.18. The molecular formula is C12H11ClN2OS. The SMILES string of the molecule is O=C1CCC2N=C(Nc3ccc(Cl)cc3)SC12. The number of rotatable bonds is 1. The molecular weight excluding hydrogens is 256 g/mol. The standard InChI is InChI=1S/C12H11ClN2OS/c13-7-1-3-8(4-2-7)14-12-15-9-5-6-10(16)11(9)17-12/h1-4,9,11H,5-6H2,(H,14,15). The fraction of sp³-hybridized carbons (Fsp3) is 0.333. The van der Waals surface area contributed by atoms with Crippen LogP contribution in [0.3, 0.4) is 0 Å². The smallest absolute Gasteiger partial charge is 0.162 e. The minimum Gasteiger partial charge on any atom is -0.335 e. The van der Waals surface area contributed by atoms with Gasteiger partial charge in [-0.1, -0.05) is 23.4 Å². The first-order valence-electron chi connectivity index (χ1n) is 5.52. The Hall–Kier alpha value is -1.000. The van der Waals surface area contributed by atoms with Gasteiger partial charge in [-0.25, -0.2) is 0 Å². The van der Waals surface area contributed by atoms with Crippen molar-refractivity contribution in [1.82, 2.24) is 0 Å². The van der Waals surface area contributed by atoms with Crippen LogP contribution in [0, 0.1) is 0 Å². The quantitative estimate of drug-likeness (QED) is 0.850. The molecule has 88 valence electrons. The lowest BCUT2D eigenvalue weighted by Gasteiger charge is -2.06. The summed E-state index contributed by atoms with van der Waals surface area (Å²) in [5.41, 5.74) is 0.952. The van der Waals surface area contributed by atoms with Gasteiger partial charge in [-0.15, -0.1) is 0 Å². The molecule has 1 fully saturated rings. The van der Waals surface area contributed by atoms with Gasteiger partial charge in [0.25, 0.3) is 0 Å². The molecule has 0 radical (unpaired) electrons. The highest BCUT2D eigenvalue weighted by molar-refractivity contribution is 8.15. The van der Waals surface area contributed by atoms with Gasteiger partial charge in [-0.05, 0) is 30.7 Å². The van der Waals surface area contributed by atoms with Crippen molar-refractivity contribution in [3.8, 4) is 0 Å². The van der Waals surface area contributed by atoms with Crippen LogP contribution in [-0.4, -0.2) is 22.2 Å². The monoisotopic (exact) mass is 266 g/mol. The van der Waals surface area contributed by atoms with E-state index >= 15 is 0 Å². The molecule has 1 aromatic carbocycles. The molecule has 1 aliphatic heterocycles. The van der Waals surface area contributed by atoms with Crippen LogP contribution in [-0.2, 0) is 4.79 Å². The van der Waals surface area contributed by atoms with Gasteiger partial charge in [0.2, 0.25) is 0 Å². The van der Waals surface area contributed by atoms with Gasteiger partial charge in [0, 0.05) is 17.1 Å². The molecule has 2 unspecified atom stereocenters. The molecule has 2 aliphatic rings. The van der Waals surface area contributed by atoms with E-state index in [1.165, 1.54) is 0 Å². The van der Waals surface area contributed by atoms with E-state index in [4.69, 9.17) is 11.6 Å². The molecule has 1 aliphatic carbocycles. The van der Waals surface area contributed by atoms with Crippen molar-refractivity contribution < 1.29 is 4.79 Å². The van der Waals surface area contributed by atoms with Crippen molar-refractivity contribution in [1.29, 1.82) is 0 Å². The Morgan fingerprint density at radius 3 is 2.82 bits per heavy atom. The number of halogens is 1. The molecule has 0 aromatic heterocycles. The average Bonchev–Trinajstić information content (AvgIpc) is 2.85. The van der Waals surface area contributed by atoms with Crippen molar-refractivity contribution >= 4 is 40.0 Å². The Balaban J connectivity index is 1.71. The molecule has 3 nitrogen and oxygen atoms in total. The molecule has 0 spiro atoms. The lowest BCUT2D eigenvalue weighted by Crippen LogP contribution is -2.16. The van der Waals surface area contributed by atoms with E-state index in [-0.39, 0.29) is 11.3 Å². The first-order valence-corrected chi connectivity index (χ1v) is 6.78. The van der Waals surface area contributed by atoms with E-state index in [0.29, 0.717) is 17.2 Å². The van der Waals surface area contributed by atoms with E-state index in [1.54, 1.807) is 11.8 Å². The van der Waals surface area contributed by atoms with E-state index < -0.39 is 0 Å². The minimum absolute atomic E-state index is 0.0461. The predicted octanol–water partition coefficient (Wildman–Crippen LogP) is 2.95. The summed E-state index contributed by atoms with van der Waals surface area (Å²) in [6.45, 7) is 0. The van der Waals surface area contributed by atoms with Crippen molar-refractivity contribution in [2.75, 3.05) is 5.32 Å². The first kappa shape index (κ1) is 11.1. The second-order valence-corrected chi connectivity index (χ2v) is 5.74. The van der Waals surface area contributed by atoms with Gasteiger partial charge >= 0.3 is 0 Å². The summed E-state index contributed by atoms with van der Waals surface area (Å²) in [5.74, 6) is 0.330. The number of carbonyl (C=O) groups excluding carboxylic acids is 1. The molecule has 0 saturated heterocycles. The van der Waals surface area contributed by atoms with Gasteiger partial charge in [-0.3, -0.25) is 9.79 Å². The number of amidine groups is 1. The number of Topliss-reactive ketones (excluding diaryl/α,β-unsaturated/α-hetero) is 1. The van der Waals surface area contributed by atoms with Crippen LogP contribution >= 0.6 is 23.4 Å². The maximum Gasteiger partial charge on any atom is 0.162 e. The summed E-state index contributed by atoms with van der Waals surface area (Å²) in [5, 5.41) is 4.82. The summed E-state index contributed by atoms with van der Waals surface area (Å²) >= 11 is 7.36. The summed E-state index contributed by atoms with van der Waals surface area (Å²) in [6.07, 6.45) is 1.57. The first-order chi connectivity index (χ1) is 8.22. The number of fused-ring (bicyclic) bond motifs is 1. The molecule has 0 bridgehead atoms. The number of carbonyl (C=O) groups is 1. The molecule has 1 heterocycles. The van der Waals surface area contributed by atoms with Crippen LogP contribution in [0.1, 0.15) is 12.8 Å². The van der Waals surface area contributed by atoms with Crippen LogP contribution < -0.4 is 5.32 Å². The summed E-state index contributed by atoms with van der Waals surface area (Å²) in [7, 11) is 0. The highest BCUT2D eigenvalue weighted by Crippen LogP contribution is 2.36. The zero-order chi connectivity index (χ0) is 11.8. The largest absolute Gasteiger partial charge is 0.335 e. The van der Waals surface area contributed by atoms with Gasteiger partial charge < -0.3 is 5.32 Å². The summed E-state index contributed by atoms with van der Waals surface area (Å²) in [4.78, 5) is 16.1. The topological polar surface area (TPSA) is 41.5 Å². The maximum absolute atomic E-state index is 11.6. The third kappa shape index (κ3) is 2.19. The molecule has 5 heteroatoms. The van der Waals surface area contributed by atoms with E-state index in [9.17, 15) is 4.79 Å². The number of hydrogen-bond acceptors (Lipinski definition) is 4. The Kier molecular flexibility index (Phi) is 2.84. The van der Waals surface area contributed by atoms with Crippen molar-refractivity contribution in [3.05, 3.63) is 29.3 Å². The minimum atomic E-state index is 0.0461. The van der Waals surface area contributed by atoms with Gasteiger partial charge in [0.1, 0.15) is 5.78 Å². The molecule has 17 heavy (non-hydrogen) atoms. The summed E-state index contributed by atoms with van der Waals surface area (Å²) in [6, 6.07) is 7.65.